The Labute approximate surface area is 207 Å². The predicted molar refractivity (Wildman–Crippen MR) is 140 cm³/mol. The molecule has 2 amide bonds. The summed E-state index contributed by atoms with van der Waals surface area (Å²) in [6.07, 6.45) is 9.72. The highest BCUT2D eigenvalue weighted by molar-refractivity contribution is 7.98. The first-order chi connectivity index (χ1) is 17.0. The maximum absolute atomic E-state index is 13.6. The molecule has 35 heavy (non-hydrogen) atoms. The molecule has 178 valence electrons. The monoisotopic (exact) mass is 486 g/mol. The molecular weight excluding hydrogens is 460 g/mol. The third-order valence-electron chi connectivity index (χ3n) is 6.33. The number of nitrogen functional groups attached to an aromatic ring is 1. The minimum Gasteiger partial charge on any atom is -0.383 e. The van der Waals surface area contributed by atoms with E-state index in [0.717, 1.165) is 30.6 Å². The molecule has 4 aromatic rings. The van der Waals surface area contributed by atoms with Crippen molar-refractivity contribution in [3.05, 3.63) is 72.2 Å². The van der Waals surface area contributed by atoms with Crippen molar-refractivity contribution in [2.45, 2.75) is 36.6 Å². The van der Waals surface area contributed by atoms with Crippen LogP contribution < -0.4 is 16.4 Å². The van der Waals surface area contributed by atoms with Crippen LogP contribution in [0.2, 0.25) is 0 Å². The number of carbonyl (C=O) groups is 2. The van der Waals surface area contributed by atoms with Gasteiger partial charge in [-0.2, -0.15) is 0 Å². The van der Waals surface area contributed by atoms with E-state index in [-0.39, 0.29) is 17.6 Å². The molecule has 1 aliphatic rings. The molecule has 0 radical (unpaired) electrons. The lowest BCUT2D eigenvalue weighted by atomic mass is 10.0. The lowest BCUT2D eigenvalue weighted by Crippen LogP contribution is -2.19. The van der Waals surface area contributed by atoms with Crippen molar-refractivity contribution in [2.75, 3.05) is 22.6 Å². The van der Waals surface area contributed by atoms with Crippen molar-refractivity contribution < 1.29 is 9.59 Å². The minimum absolute atomic E-state index is 0.190. The molecule has 8 nitrogen and oxygen atoms in total. The molecule has 0 bridgehead atoms. The number of nitrogens with one attached hydrogen (secondary N) is 2. The third kappa shape index (κ3) is 4.72. The van der Waals surface area contributed by atoms with Gasteiger partial charge in [0, 0.05) is 34.1 Å². The zero-order valence-corrected chi connectivity index (χ0v) is 20.1. The van der Waals surface area contributed by atoms with Crippen molar-refractivity contribution in [1.82, 2.24) is 14.5 Å². The number of nitrogens with two attached hydrogens (primary N) is 1. The molecule has 9 heteroatoms. The highest BCUT2D eigenvalue weighted by Gasteiger charge is 2.25. The van der Waals surface area contributed by atoms with Crippen molar-refractivity contribution in [2.24, 2.45) is 0 Å². The van der Waals surface area contributed by atoms with Crippen molar-refractivity contribution in [1.29, 1.82) is 0 Å². The van der Waals surface area contributed by atoms with Gasteiger partial charge in [0.15, 0.2) is 5.78 Å². The van der Waals surface area contributed by atoms with Gasteiger partial charge in [-0.15, -0.1) is 11.8 Å². The summed E-state index contributed by atoms with van der Waals surface area (Å²) < 4.78 is 2.07. The molecule has 0 saturated heterocycles. The van der Waals surface area contributed by atoms with Crippen LogP contribution in [-0.2, 0) is 0 Å². The number of thioether (sulfide) groups is 1. The van der Waals surface area contributed by atoms with Gasteiger partial charge in [-0.1, -0.05) is 25.0 Å². The van der Waals surface area contributed by atoms with E-state index in [1.807, 2.05) is 36.7 Å². The highest BCUT2D eigenvalue weighted by atomic mass is 32.2. The molecule has 1 aliphatic carbocycles. The highest BCUT2D eigenvalue weighted by Crippen LogP contribution is 2.35. The summed E-state index contributed by atoms with van der Waals surface area (Å²) in [7, 11) is 0. The summed E-state index contributed by atoms with van der Waals surface area (Å²) in [5, 5.41) is 6.19. The second kappa shape index (κ2) is 9.79. The number of aromatic nitrogens is 3. The number of amides is 2. The number of fused-ring (bicyclic) bond motifs is 1. The average Bonchev–Trinajstić information content (AvgIpc) is 3.53. The fraction of sp³-hybridized carbons (Fsp3) is 0.231. The fourth-order valence-corrected chi connectivity index (χ4v) is 5.01. The van der Waals surface area contributed by atoms with Crippen molar-refractivity contribution in [3.8, 4) is 0 Å². The van der Waals surface area contributed by atoms with Crippen LogP contribution >= 0.6 is 11.8 Å². The van der Waals surface area contributed by atoms with Gasteiger partial charge in [-0.3, -0.25) is 4.79 Å². The van der Waals surface area contributed by atoms with E-state index in [0.29, 0.717) is 39.6 Å². The molecule has 1 saturated carbocycles. The Morgan fingerprint density at radius 3 is 2.51 bits per heavy atom. The van der Waals surface area contributed by atoms with Crippen LogP contribution in [0.25, 0.3) is 11.0 Å². The molecule has 0 spiro atoms. The zero-order chi connectivity index (χ0) is 24.4. The second-order valence-corrected chi connectivity index (χ2v) is 9.44. The van der Waals surface area contributed by atoms with Gasteiger partial charge >= 0.3 is 6.03 Å². The standard InChI is InChI=1S/C26H26N6O2S/c1-35-20-11-9-17(10-12-20)30-26(34)31-18-6-4-5-16(13-18)23(33)21-14-32(19-7-2-3-8-19)25-22(21)24(27)28-15-29-25/h4-6,9-15,19H,2-3,7-8H2,1H3,(H2,27,28,29)(H2,30,31,34). The van der Waals surface area contributed by atoms with Gasteiger partial charge in [-0.05, 0) is 55.5 Å². The number of nitrogens with zero attached hydrogens (tertiary/aromatic N) is 3. The fourth-order valence-electron chi connectivity index (χ4n) is 4.60. The van der Waals surface area contributed by atoms with E-state index in [4.69, 9.17) is 5.73 Å². The lowest BCUT2D eigenvalue weighted by Gasteiger charge is -2.12. The molecule has 2 aromatic carbocycles. The first-order valence-corrected chi connectivity index (χ1v) is 12.7. The minimum atomic E-state index is -0.387. The number of rotatable bonds is 6. The van der Waals surface area contributed by atoms with Gasteiger partial charge in [-0.25, -0.2) is 14.8 Å². The Morgan fingerprint density at radius 2 is 1.77 bits per heavy atom. The maximum atomic E-state index is 13.6. The summed E-state index contributed by atoms with van der Waals surface area (Å²) in [6.45, 7) is 0. The number of anilines is 3. The van der Waals surface area contributed by atoms with Crippen LogP contribution in [0.15, 0.2) is 66.0 Å². The van der Waals surface area contributed by atoms with E-state index < -0.39 is 0 Å². The molecule has 0 unspecified atom stereocenters. The molecule has 0 aliphatic heterocycles. The first kappa shape index (κ1) is 22.9. The van der Waals surface area contributed by atoms with E-state index in [2.05, 4.69) is 25.2 Å². The van der Waals surface area contributed by atoms with Crippen molar-refractivity contribution >= 4 is 51.8 Å². The van der Waals surface area contributed by atoms with E-state index >= 15 is 0 Å². The summed E-state index contributed by atoms with van der Waals surface area (Å²) in [4.78, 5) is 35.8. The van der Waals surface area contributed by atoms with Gasteiger partial charge in [0.1, 0.15) is 17.8 Å². The second-order valence-electron chi connectivity index (χ2n) is 8.56. The molecule has 5 rings (SSSR count). The number of ketones is 1. The van der Waals surface area contributed by atoms with Crippen LogP contribution in [0, 0.1) is 0 Å². The van der Waals surface area contributed by atoms with Gasteiger partial charge in [0.2, 0.25) is 0 Å². The smallest absolute Gasteiger partial charge is 0.323 e. The Hall–Kier alpha value is -3.85. The SMILES string of the molecule is CSc1ccc(NC(=O)Nc2cccc(C(=O)c3cn(C4CCCC4)c4ncnc(N)c34)c2)cc1. The third-order valence-corrected chi connectivity index (χ3v) is 7.08. The van der Waals surface area contributed by atoms with Gasteiger partial charge in [0.25, 0.3) is 0 Å². The summed E-state index contributed by atoms with van der Waals surface area (Å²) >= 11 is 1.63. The summed E-state index contributed by atoms with van der Waals surface area (Å²) in [6, 6.07) is 14.4. The largest absolute Gasteiger partial charge is 0.383 e. The number of urea groups is 1. The quantitative estimate of drug-likeness (QED) is 0.237. The number of hydrogen-bond donors (Lipinski definition) is 3. The molecule has 2 aromatic heterocycles. The van der Waals surface area contributed by atoms with Crippen LogP contribution in [0.4, 0.5) is 22.0 Å². The average molecular weight is 487 g/mol. The lowest BCUT2D eigenvalue weighted by molar-refractivity contribution is 0.104. The Kier molecular flexibility index (Phi) is 6.41. The topological polar surface area (TPSA) is 115 Å². The number of hydrogen-bond acceptors (Lipinski definition) is 6. The Balaban J connectivity index is 1.39. The molecule has 2 heterocycles. The first-order valence-electron chi connectivity index (χ1n) is 11.5. The Bertz CT molecular complexity index is 1390. The van der Waals surface area contributed by atoms with Crippen molar-refractivity contribution in [3.63, 3.8) is 0 Å². The van der Waals surface area contributed by atoms with Crippen LogP contribution in [0.3, 0.4) is 0 Å². The molecular formula is C26H26N6O2S. The molecule has 1 fully saturated rings. The zero-order valence-electron chi connectivity index (χ0n) is 19.3. The maximum Gasteiger partial charge on any atom is 0.323 e. The van der Waals surface area contributed by atoms with E-state index in [1.165, 1.54) is 6.33 Å². The van der Waals surface area contributed by atoms with Crippen LogP contribution in [0.1, 0.15) is 47.6 Å². The van der Waals surface area contributed by atoms with Gasteiger partial charge < -0.3 is 20.9 Å². The van der Waals surface area contributed by atoms with Gasteiger partial charge in [0.05, 0.1) is 10.9 Å². The number of benzene rings is 2. The molecule has 4 N–H and O–H groups in total. The number of carbonyl (C=O) groups excluding carboxylic acids is 2. The molecule has 0 atom stereocenters. The predicted octanol–water partition coefficient (Wildman–Crippen LogP) is 5.73. The van der Waals surface area contributed by atoms with Crippen LogP contribution in [-0.4, -0.2) is 32.6 Å². The van der Waals surface area contributed by atoms with Crippen LogP contribution in [0.5, 0.6) is 0 Å². The van der Waals surface area contributed by atoms with E-state index in [1.54, 1.807) is 36.0 Å². The summed E-state index contributed by atoms with van der Waals surface area (Å²) in [5.74, 6) is 0.0983. The Morgan fingerprint density at radius 1 is 1.03 bits per heavy atom. The summed E-state index contributed by atoms with van der Waals surface area (Å²) in [5.41, 5.74) is 8.99. The van der Waals surface area contributed by atoms with E-state index in [9.17, 15) is 9.59 Å². The normalized spacial score (nSPS) is 13.7.